The van der Waals surface area contributed by atoms with Gasteiger partial charge in [-0.1, -0.05) is 48.0 Å². The molecule has 0 saturated heterocycles. The number of benzene rings is 3. The highest BCUT2D eigenvalue weighted by molar-refractivity contribution is 5.93. The molecule has 0 amide bonds. The molecule has 176 valence electrons. The number of nitrogens with two attached hydrogens (primary N) is 1. The Kier molecular flexibility index (Phi) is 5.90. The number of para-hydroxylation sites is 2. The van der Waals surface area contributed by atoms with Crippen LogP contribution < -0.4 is 15.2 Å². The Hall–Kier alpha value is -5.01. The fourth-order valence-corrected chi connectivity index (χ4v) is 4.32. The summed E-state index contributed by atoms with van der Waals surface area (Å²) in [5, 5.41) is 20.2. The lowest BCUT2D eigenvalue weighted by atomic mass is 9.96. The number of hydrogen-bond donors (Lipinski definition) is 1. The number of nitrogen functional groups attached to an aromatic ring is 1. The minimum absolute atomic E-state index is 0.206. The number of nitriles is 2. The summed E-state index contributed by atoms with van der Waals surface area (Å²) >= 11 is 0. The monoisotopic (exact) mass is 473 g/mol. The number of ether oxygens (including phenoxy) is 2. The largest absolute Gasteiger partial charge is 0.490 e. The molecule has 2 heterocycles. The molecule has 0 aliphatic heterocycles. The number of hydrogen-bond acceptors (Lipinski definition) is 6. The van der Waals surface area contributed by atoms with Gasteiger partial charge in [0.05, 0.1) is 17.6 Å². The Balaban J connectivity index is 1.65. The summed E-state index contributed by atoms with van der Waals surface area (Å²) in [6, 6.07) is 25.4. The summed E-state index contributed by atoms with van der Waals surface area (Å²) in [4.78, 5) is 4.65. The first kappa shape index (κ1) is 22.8. The Labute approximate surface area is 208 Å². The summed E-state index contributed by atoms with van der Waals surface area (Å²) < 4.78 is 13.6. The smallest absolute Gasteiger partial charge is 0.161 e. The average molecular weight is 474 g/mol. The number of rotatable bonds is 6. The van der Waals surface area contributed by atoms with E-state index in [0.717, 1.165) is 11.1 Å². The van der Waals surface area contributed by atoms with Gasteiger partial charge < -0.3 is 15.2 Å². The fourth-order valence-electron chi connectivity index (χ4n) is 4.32. The van der Waals surface area contributed by atoms with Crippen LogP contribution in [0.3, 0.4) is 0 Å². The van der Waals surface area contributed by atoms with Crippen molar-refractivity contribution in [3.05, 3.63) is 89.0 Å². The van der Waals surface area contributed by atoms with Crippen molar-refractivity contribution in [2.75, 3.05) is 12.3 Å². The molecule has 5 aromatic rings. The molecule has 0 saturated carbocycles. The van der Waals surface area contributed by atoms with Gasteiger partial charge in [0.2, 0.25) is 0 Å². The van der Waals surface area contributed by atoms with Crippen molar-refractivity contribution < 1.29 is 9.47 Å². The van der Waals surface area contributed by atoms with Crippen LogP contribution in [-0.2, 0) is 6.61 Å². The van der Waals surface area contributed by atoms with Crippen LogP contribution in [0.1, 0.15) is 29.2 Å². The lowest BCUT2D eigenvalue weighted by molar-refractivity contribution is 0.269. The van der Waals surface area contributed by atoms with Crippen molar-refractivity contribution in [3.8, 4) is 34.8 Å². The minimum atomic E-state index is 0.206. The lowest BCUT2D eigenvalue weighted by Crippen LogP contribution is -2.06. The molecule has 0 fully saturated rings. The van der Waals surface area contributed by atoms with Gasteiger partial charge in [-0.25, -0.2) is 4.98 Å². The second-order valence-electron chi connectivity index (χ2n) is 8.36. The molecule has 0 atom stereocenters. The third-order valence-corrected chi connectivity index (χ3v) is 6.05. The number of aryl methyl sites for hydroxylation is 1. The van der Waals surface area contributed by atoms with E-state index >= 15 is 0 Å². The molecule has 0 spiro atoms. The van der Waals surface area contributed by atoms with Gasteiger partial charge in [-0.05, 0) is 49.2 Å². The average Bonchev–Trinajstić information content (AvgIpc) is 3.29. The molecule has 7 nitrogen and oxygen atoms in total. The molecule has 3 aromatic carbocycles. The van der Waals surface area contributed by atoms with Gasteiger partial charge in [0.25, 0.3) is 0 Å². The summed E-state index contributed by atoms with van der Waals surface area (Å²) in [6.07, 6.45) is 0. The highest BCUT2D eigenvalue weighted by atomic mass is 16.5. The van der Waals surface area contributed by atoms with Crippen LogP contribution in [0.2, 0.25) is 0 Å². The first-order valence-electron chi connectivity index (χ1n) is 11.5. The van der Waals surface area contributed by atoms with Gasteiger partial charge in [0, 0.05) is 5.56 Å². The normalized spacial score (nSPS) is 10.8. The number of pyridine rings is 1. The maximum Gasteiger partial charge on any atom is 0.161 e. The molecule has 36 heavy (non-hydrogen) atoms. The predicted molar refractivity (Wildman–Crippen MR) is 139 cm³/mol. The van der Waals surface area contributed by atoms with Crippen LogP contribution in [0, 0.1) is 29.6 Å². The molecular weight excluding hydrogens is 450 g/mol. The molecule has 0 radical (unpaired) electrons. The van der Waals surface area contributed by atoms with Crippen molar-refractivity contribution in [1.29, 1.82) is 10.5 Å². The first-order valence-corrected chi connectivity index (χ1v) is 11.5. The number of fused-ring (bicyclic) bond motifs is 3. The Bertz CT molecular complexity index is 1690. The molecule has 5 rings (SSSR count). The van der Waals surface area contributed by atoms with E-state index in [4.69, 9.17) is 15.2 Å². The van der Waals surface area contributed by atoms with E-state index in [0.29, 0.717) is 47.0 Å². The molecule has 2 N–H and O–H groups in total. The molecule has 2 aromatic heterocycles. The third kappa shape index (κ3) is 3.83. The predicted octanol–water partition coefficient (Wildman–Crippen LogP) is 5.77. The summed E-state index contributed by atoms with van der Waals surface area (Å²) in [7, 11) is 0. The van der Waals surface area contributed by atoms with E-state index in [1.807, 2.05) is 68.4 Å². The van der Waals surface area contributed by atoms with Gasteiger partial charge in [-0.3, -0.25) is 4.40 Å². The molecule has 0 aliphatic carbocycles. The molecular formula is C29H23N5O2. The van der Waals surface area contributed by atoms with Gasteiger partial charge in [0.15, 0.2) is 17.1 Å². The Morgan fingerprint density at radius 1 is 0.917 bits per heavy atom. The molecule has 7 heteroatoms. The standard InChI is InChI=1S/C29H23N5O2/c1-3-35-26-14-20(12-13-25(26)36-17-19-10-8-18(2)9-11-19)27-21(15-30)28(32)34-24-7-5-4-6-23(24)33-29(34)22(27)16-31/h4-14H,3,17,32H2,1-2H3. The summed E-state index contributed by atoms with van der Waals surface area (Å²) in [5.41, 5.74) is 12.1. The van der Waals surface area contributed by atoms with E-state index in [-0.39, 0.29) is 16.9 Å². The Morgan fingerprint density at radius 2 is 1.67 bits per heavy atom. The number of anilines is 1. The van der Waals surface area contributed by atoms with Crippen LogP contribution in [0.15, 0.2) is 66.7 Å². The van der Waals surface area contributed by atoms with Gasteiger partial charge >= 0.3 is 0 Å². The summed E-state index contributed by atoms with van der Waals surface area (Å²) in [6.45, 7) is 4.73. The quantitative estimate of drug-likeness (QED) is 0.335. The second-order valence-corrected chi connectivity index (χ2v) is 8.36. The van der Waals surface area contributed by atoms with Crippen molar-refractivity contribution >= 4 is 22.5 Å². The van der Waals surface area contributed by atoms with Gasteiger partial charge in [-0.15, -0.1) is 0 Å². The van der Waals surface area contributed by atoms with Crippen LogP contribution in [0.4, 0.5) is 5.82 Å². The minimum Gasteiger partial charge on any atom is -0.490 e. The maximum absolute atomic E-state index is 10.2. The maximum atomic E-state index is 10.2. The lowest BCUT2D eigenvalue weighted by Gasteiger charge is -2.16. The number of imidazole rings is 1. The van der Waals surface area contributed by atoms with Crippen LogP contribution in [0.25, 0.3) is 27.8 Å². The summed E-state index contributed by atoms with van der Waals surface area (Å²) in [5.74, 6) is 1.31. The molecule has 0 unspecified atom stereocenters. The Morgan fingerprint density at radius 3 is 2.39 bits per heavy atom. The zero-order valence-corrected chi connectivity index (χ0v) is 19.9. The van der Waals surface area contributed by atoms with Crippen LogP contribution in [0.5, 0.6) is 11.5 Å². The van der Waals surface area contributed by atoms with Crippen molar-refractivity contribution in [2.24, 2.45) is 0 Å². The highest BCUT2D eigenvalue weighted by Gasteiger charge is 2.23. The van der Waals surface area contributed by atoms with E-state index < -0.39 is 0 Å². The topological polar surface area (TPSA) is 109 Å². The van der Waals surface area contributed by atoms with E-state index in [1.165, 1.54) is 5.56 Å². The molecule has 0 bridgehead atoms. The van der Waals surface area contributed by atoms with E-state index in [2.05, 4.69) is 17.1 Å². The fraction of sp³-hybridized carbons (Fsp3) is 0.138. The SMILES string of the molecule is CCOc1cc(-c2c(C#N)c(N)n3c(nc4ccccc43)c2C#N)ccc1OCc1ccc(C)cc1. The van der Waals surface area contributed by atoms with Crippen molar-refractivity contribution in [1.82, 2.24) is 9.38 Å². The van der Waals surface area contributed by atoms with Crippen molar-refractivity contribution in [3.63, 3.8) is 0 Å². The number of nitrogens with zero attached hydrogens (tertiary/aromatic N) is 4. The first-order chi connectivity index (χ1) is 17.5. The second kappa shape index (κ2) is 9.32. The highest BCUT2D eigenvalue weighted by Crippen LogP contribution is 2.39. The van der Waals surface area contributed by atoms with E-state index in [9.17, 15) is 10.5 Å². The third-order valence-electron chi connectivity index (χ3n) is 6.05. The number of aromatic nitrogens is 2. The van der Waals surface area contributed by atoms with Gasteiger partial charge in [-0.2, -0.15) is 10.5 Å². The zero-order chi connectivity index (χ0) is 25.2. The molecule has 0 aliphatic rings. The van der Waals surface area contributed by atoms with Crippen LogP contribution >= 0.6 is 0 Å². The van der Waals surface area contributed by atoms with Gasteiger partial charge in [0.1, 0.15) is 35.7 Å². The van der Waals surface area contributed by atoms with Crippen LogP contribution in [-0.4, -0.2) is 16.0 Å². The van der Waals surface area contributed by atoms with Crippen molar-refractivity contribution in [2.45, 2.75) is 20.5 Å². The van der Waals surface area contributed by atoms with E-state index in [1.54, 1.807) is 16.5 Å². The zero-order valence-electron chi connectivity index (χ0n) is 19.9.